The van der Waals surface area contributed by atoms with Crippen molar-refractivity contribution in [2.24, 2.45) is 0 Å². The Morgan fingerprint density at radius 2 is 1.71 bits per heavy atom. The predicted molar refractivity (Wildman–Crippen MR) is 80.4 cm³/mol. The normalized spacial score (nSPS) is 13.5. The molecule has 0 bridgehead atoms. The summed E-state index contributed by atoms with van der Waals surface area (Å²) in [7, 11) is 1.61. The van der Waals surface area contributed by atoms with Crippen molar-refractivity contribution in [2.45, 2.75) is 18.9 Å². The van der Waals surface area contributed by atoms with E-state index in [2.05, 4.69) is 0 Å². The Morgan fingerprint density at radius 3 is 2.29 bits per heavy atom. The number of halogens is 1. The highest BCUT2D eigenvalue weighted by Crippen LogP contribution is 2.26. The summed E-state index contributed by atoms with van der Waals surface area (Å²) in [6.07, 6.45) is -0.0507. The second kappa shape index (κ2) is 6.06. The van der Waals surface area contributed by atoms with Crippen LogP contribution in [-0.2, 0) is 10.4 Å². The number of benzene rings is 2. The van der Waals surface area contributed by atoms with Gasteiger partial charge in [0.1, 0.15) is 5.82 Å². The molecule has 2 aromatic carbocycles. The van der Waals surface area contributed by atoms with Gasteiger partial charge in [-0.15, -0.1) is 0 Å². The van der Waals surface area contributed by atoms with E-state index in [1.54, 1.807) is 26.1 Å². The maximum absolute atomic E-state index is 12.9. The van der Waals surface area contributed by atoms with Crippen LogP contribution in [0.15, 0.2) is 54.6 Å². The van der Waals surface area contributed by atoms with E-state index in [-0.39, 0.29) is 18.1 Å². The fourth-order valence-corrected chi connectivity index (χ4v) is 2.12. The van der Waals surface area contributed by atoms with Crippen molar-refractivity contribution in [3.05, 3.63) is 66.0 Å². The second-order valence-corrected chi connectivity index (χ2v) is 5.25. The van der Waals surface area contributed by atoms with Crippen LogP contribution in [0.2, 0.25) is 0 Å². The standard InChI is InChI=1S/C17H18FNO2/c1-17(21,13-6-4-3-5-7-13)12-16(20)19(2)15-10-8-14(18)9-11-15/h3-11,21H,12H2,1-2H3. The lowest BCUT2D eigenvalue weighted by atomic mass is 9.92. The third kappa shape index (κ3) is 3.67. The van der Waals surface area contributed by atoms with Gasteiger partial charge in [-0.1, -0.05) is 30.3 Å². The largest absolute Gasteiger partial charge is 0.385 e. The van der Waals surface area contributed by atoms with E-state index in [9.17, 15) is 14.3 Å². The Labute approximate surface area is 123 Å². The van der Waals surface area contributed by atoms with Crippen LogP contribution in [0.25, 0.3) is 0 Å². The Bertz CT molecular complexity index is 608. The zero-order valence-corrected chi connectivity index (χ0v) is 12.1. The van der Waals surface area contributed by atoms with Crippen molar-refractivity contribution < 1.29 is 14.3 Å². The number of carbonyl (C=O) groups excluding carboxylic acids is 1. The van der Waals surface area contributed by atoms with Gasteiger partial charge < -0.3 is 10.0 Å². The molecule has 0 heterocycles. The molecule has 1 atom stereocenters. The van der Waals surface area contributed by atoms with E-state index in [4.69, 9.17) is 0 Å². The van der Waals surface area contributed by atoms with Crippen LogP contribution < -0.4 is 4.90 Å². The predicted octanol–water partition coefficient (Wildman–Crippen LogP) is 3.09. The van der Waals surface area contributed by atoms with E-state index >= 15 is 0 Å². The first-order valence-corrected chi connectivity index (χ1v) is 6.70. The molecule has 0 aromatic heterocycles. The van der Waals surface area contributed by atoms with Gasteiger partial charge in [0.2, 0.25) is 5.91 Å². The first kappa shape index (κ1) is 15.2. The summed E-state index contributed by atoms with van der Waals surface area (Å²) in [6, 6.07) is 14.7. The van der Waals surface area contributed by atoms with Gasteiger partial charge in [0.05, 0.1) is 12.0 Å². The van der Waals surface area contributed by atoms with Crippen LogP contribution in [0.3, 0.4) is 0 Å². The molecule has 21 heavy (non-hydrogen) atoms. The third-order valence-electron chi connectivity index (χ3n) is 3.48. The highest BCUT2D eigenvalue weighted by molar-refractivity contribution is 5.93. The number of aliphatic hydroxyl groups is 1. The lowest BCUT2D eigenvalue weighted by molar-refractivity contribution is -0.123. The van der Waals surface area contributed by atoms with Gasteiger partial charge in [0, 0.05) is 12.7 Å². The van der Waals surface area contributed by atoms with Crippen LogP contribution in [0.4, 0.5) is 10.1 Å². The molecule has 1 N–H and O–H groups in total. The molecule has 110 valence electrons. The van der Waals surface area contributed by atoms with Crippen molar-refractivity contribution in [2.75, 3.05) is 11.9 Å². The van der Waals surface area contributed by atoms with Crippen LogP contribution in [0.1, 0.15) is 18.9 Å². The van der Waals surface area contributed by atoms with Gasteiger partial charge in [-0.25, -0.2) is 4.39 Å². The van der Waals surface area contributed by atoms with Gasteiger partial charge in [-0.2, -0.15) is 0 Å². The molecule has 0 spiro atoms. The van der Waals surface area contributed by atoms with E-state index < -0.39 is 5.60 Å². The summed E-state index contributed by atoms with van der Waals surface area (Å²) in [5.74, 6) is -0.591. The summed E-state index contributed by atoms with van der Waals surface area (Å²) in [4.78, 5) is 13.7. The molecule has 2 rings (SSSR count). The number of amides is 1. The van der Waals surface area contributed by atoms with Crippen LogP contribution in [0, 0.1) is 5.82 Å². The molecular formula is C17H18FNO2. The molecule has 0 radical (unpaired) electrons. The highest BCUT2D eigenvalue weighted by Gasteiger charge is 2.28. The summed E-state index contributed by atoms with van der Waals surface area (Å²) in [5.41, 5.74) is 0.0308. The molecule has 2 aromatic rings. The number of anilines is 1. The monoisotopic (exact) mass is 287 g/mol. The summed E-state index contributed by atoms with van der Waals surface area (Å²) in [5, 5.41) is 10.5. The Morgan fingerprint density at radius 1 is 1.14 bits per heavy atom. The minimum atomic E-state index is -1.24. The fourth-order valence-electron chi connectivity index (χ4n) is 2.12. The minimum Gasteiger partial charge on any atom is -0.385 e. The van der Waals surface area contributed by atoms with Crippen LogP contribution >= 0.6 is 0 Å². The smallest absolute Gasteiger partial charge is 0.229 e. The summed E-state index contributed by atoms with van der Waals surface area (Å²) >= 11 is 0. The SMILES string of the molecule is CN(C(=O)CC(C)(O)c1ccccc1)c1ccc(F)cc1. The minimum absolute atomic E-state index is 0.0507. The van der Waals surface area contributed by atoms with Gasteiger partial charge in [-0.3, -0.25) is 4.79 Å². The van der Waals surface area contributed by atoms with Crippen LogP contribution in [0.5, 0.6) is 0 Å². The van der Waals surface area contributed by atoms with Gasteiger partial charge >= 0.3 is 0 Å². The van der Waals surface area contributed by atoms with Gasteiger partial charge in [-0.05, 0) is 36.8 Å². The molecular weight excluding hydrogens is 269 g/mol. The number of carbonyl (C=O) groups is 1. The topological polar surface area (TPSA) is 40.5 Å². The Balaban J connectivity index is 2.12. The van der Waals surface area contributed by atoms with Crippen molar-refractivity contribution in [3.63, 3.8) is 0 Å². The average Bonchev–Trinajstić information content (AvgIpc) is 2.48. The number of rotatable bonds is 4. The molecule has 3 nitrogen and oxygen atoms in total. The molecule has 1 amide bonds. The van der Waals surface area contributed by atoms with E-state index in [0.717, 1.165) is 0 Å². The molecule has 0 aliphatic rings. The molecule has 0 fully saturated rings. The maximum Gasteiger partial charge on any atom is 0.229 e. The average molecular weight is 287 g/mol. The molecule has 0 aliphatic carbocycles. The van der Waals surface area contributed by atoms with Crippen molar-refractivity contribution in [3.8, 4) is 0 Å². The van der Waals surface area contributed by atoms with Gasteiger partial charge in [0.15, 0.2) is 0 Å². The highest BCUT2D eigenvalue weighted by atomic mass is 19.1. The Kier molecular flexibility index (Phi) is 4.38. The second-order valence-electron chi connectivity index (χ2n) is 5.25. The zero-order chi connectivity index (χ0) is 15.5. The quantitative estimate of drug-likeness (QED) is 0.938. The molecule has 4 heteroatoms. The van der Waals surface area contributed by atoms with Gasteiger partial charge in [0.25, 0.3) is 0 Å². The molecule has 0 saturated heterocycles. The number of hydrogen-bond donors (Lipinski definition) is 1. The van der Waals surface area contributed by atoms with E-state index in [0.29, 0.717) is 11.3 Å². The molecule has 1 unspecified atom stereocenters. The van der Waals surface area contributed by atoms with E-state index in [1.807, 2.05) is 18.2 Å². The first-order valence-electron chi connectivity index (χ1n) is 6.70. The Hall–Kier alpha value is -2.20. The third-order valence-corrected chi connectivity index (χ3v) is 3.48. The summed E-state index contributed by atoms with van der Waals surface area (Å²) < 4.78 is 12.9. The van der Waals surface area contributed by atoms with E-state index in [1.165, 1.54) is 29.2 Å². The zero-order valence-electron chi connectivity index (χ0n) is 12.1. The van der Waals surface area contributed by atoms with Crippen molar-refractivity contribution in [1.82, 2.24) is 0 Å². The number of hydrogen-bond acceptors (Lipinski definition) is 2. The summed E-state index contributed by atoms with van der Waals surface area (Å²) in [6.45, 7) is 1.61. The molecule has 0 aliphatic heterocycles. The number of nitrogens with zero attached hydrogens (tertiary/aromatic N) is 1. The lowest BCUT2D eigenvalue weighted by Crippen LogP contribution is -2.34. The van der Waals surface area contributed by atoms with Crippen LogP contribution in [-0.4, -0.2) is 18.1 Å². The van der Waals surface area contributed by atoms with Crippen molar-refractivity contribution in [1.29, 1.82) is 0 Å². The lowest BCUT2D eigenvalue weighted by Gasteiger charge is -2.26. The fraction of sp³-hybridized carbons (Fsp3) is 0.235. The maximum atomic E-state index is 12.9. The first-order chi connectivity index (χ1) is 9.90. The molecule has 0 saturated carbocycles. The van der Waals surface area contributed by atoms with Crippen molar-refractivity contribution >= 4 is 11.6 Å².